The van der Waals surface area contributed by atoms with Crippen LogP contribution in [0.15, 0.2) is 41.0 Å². The zero-order valence-electron chi connectivity index (χ0n) is 16.5. The SMILES string of the molecule is CCCCOc1c(I)cc(/C=C2\N=C(c3ccc(Cl)c(Cl)c3)OC2=O)cc1OCC. The predicted octanol–water partition coefficient (Wildman–Crippen LogP) is 6.52. The quantitative estimate of drug-likeness (QED) is 0.160. The van der Waals surface area contributed by atoms with Gasteiger partial charge in [0.2, 0.25) is 5.90 Å². The van der Waals surface area contributed by atoms with Gasteiger partial charge < -0.3 is 14.2 Å². The summed E-state index contributed by atoms with van der Waals surface area (Å²) in [4.78, 5) is 16.7. The maximum atomic E-state index is 12.3. The van der Waals surface area contributed by atoms with Crippen molar-refractivity contribution in [3.63, 3.8) is 0 Å². The molecule has 0 bridgehead atoms. The second-order valence-electron chi connectivity index (χ2n) is 6.43. The van der Waals surface area contributed by atoms with Gasteiger partial charge in [-0.15, -0.1) is 0 Å². The predicted molar refractivity (Wildman–Crippen MR) is 128 cm³/mol. The largest absolute Gasteiger partial charge is 0.490 e. The highest BCUT2D eigenvalue weighted by atomic mass is 127. The van der Waals surface area contributed by atoms with Gasteiger partial charge in [-0.3, -0.25) is 0 Å². The molecule has 0 spiro atoms. The summed E-state index contributed by atoms with van der Waals surface area (Å²) in [7, 11) is 0. The van der Waals surface area contributed by atoms with Crippen molar-refractivity contribution < 1.29 is 19.0 Å². The van der Waals surface area contributed by atoms with Gasteiger partial charge in [0.05, 0.1) is 26.8 Å². The monoisotopic (exact) mass is 559 g/mol. The number of aliphatic imine (C=N–C) groups is 1. The Balaban J connectivity index is 1.92. The highest BCUT2D eigenvalue weighted by Gasteiger charge is 2.25. The van der Waals surface area contributed by atoms with E-state index in [0.717, 1.165) is 22.0 Å². The van der Waals surface area contributed by atoms with Crippen molar-refractivity contribution in [2.75, 3.05) is 13.2 Å². The molecule has 0 N–H and O–H groups in total. The van der Waals surface area contributed by atoms with E-state index in [9.17, 15) is 4.79 Å². The number of nitrogens with zero attached hydrogens (tertiary/aromatic N) is 1. The van der Waals surface area contributed by atoms with E-state index >= 15 is 0 Å². The smallest absolute Gasteiger partial charge is 0.363 e. The number of rotatable bonds is 8. The molecule has 0 radical (unpaired) electrons. The Hall–Kier alpha value is -1.77. The van der Waals surface area contributed by atoms with Gasteiger partial charge in [-0.25, -0.2) is 9.79 Å². The Labute approximate surface area is 199 Å². The average Bonchev–Trinajstić information content (AvgIpc) is 3.06. The first-order chi connectivity index (χ1) is 14.4. The summed E-state index contributed by atoms with van der Waals surface area (Å²) in [6, 6.07) is 8.68. The van der Waals surface area contributed by atoms with Crippen LogP contribution in [0.4, 0.5) is 0 Å². The number of ether oxygens (including phenoxy) is 3. The van der Waals surface area contributed by atoms with E-state index in [-0.39, 0.29) is 11.6 Å². The topological polar surface area (TPSA) is 57.1 Å². The average molecular weight is 560 g/mol. The molecule has 1 aliphatic heterocycles. The van der Waals surface area contributed by atoms with Crippen LogP contribution < -0.4 is 9.47 Å². The minimum absolute atomic E-state index is 0.184. The first-order valence-corrected chi connectivity index (χ1v) is 11.3. The fourth-order valence-electron chi connectivity index (χ4n) is 2.71. The van der Waals surface area contributed by atoms with Gasteiger partial charge in [0.1, 0.15) is 0 Å². The van der Waals surface area contributed by atoms with Crippen LogP contribution in [0.25, 0.3) is 6.08 Å². The Morgan fingerprint density at radius 2 is 1.93 bits per heavy atom. The third-order valence-corrected chi connectivity index (χ3v) is 5.71. The molecule has 30 heavy (non-hydrogen) atoms. The standard InChI is InChI=1S/C22H20Cl2INO4/c1-3-5-8-29-20-17(25)9-13(11-19(20)28-4-2)10-18-22(27)30-21(26-18)14-6-7-15(23)16(24)12-14/h6-7,9-12H,3-5,8H2,1-2H3/b18-10-. The van der Waals surface area contributed by atoms with Crippen LogP contribution in [0.1, 0.15) is 37.8 Å². The molecule has 1 aliphatic rings. The van der Waals surface area contributed by atoms with E-state index in [1.165, 1.54) is 0 Å². The van der Waals surface area contributed by atoms with Gasteiger partial charge in [-0.05, 0) is 77.9 Å². The number of esters is 1. The molecule has 2 aromatic rings. The summed E-state index contributed by atoms with van der Waals surface area (Å²) in [6.07, 6.45) is 3.67. The van der Waals surface area contributed by atoms with Crippen LogP contribution in [0.5, 0.6) is 11.5 Å². The zero-order chi connectivity index (χ0) is 21.7. The number of carbonyl (C=O) groups is 1. The van der Waals surface area contributed by atoms with Gasteiger partial charge in [0.25, 0.3) is 0 Å². The molecular formula is C22H20Cl2INO4. The molecule has 0 saturated heterocycles. The molecule has 0 amide bonds. The maximum Gasteiger partial charge on any atom is 0.363 e. The molecule has 3 rings (SSSR count). The molecule has 0 fully saturated rings. The molecule has 0 atom stereocenters. The van der Waals surface area contributed by atoms with Crippen molar-refractivity contribution in [3.8, 4) is 11.5 Å². The van der Waals surface area contributed by atoms with Crippen LogP contribution in [0.3, 0.4) is 0 Å². The first kappa shape index (κ1) is 22.9. The maximum absolute atomic E-state index is 12.3. The second kappa shape index (κ2) is 10.5. The van der Waals surface area contributed by atoms with Crippen molar-refractivity contribution in [2.24, 2.45) is 4.99 Å². The highest BCUT2D eigenvalue weighted by molar-refractivity contribution is 14.1. The molecule has 158 valence electrons. The number of unbranched alkanes of at least 4 members (excludes halogenated alkanes) is 1. The molecule has 0 aliphatic carbocycles. The summed E-state index contributed by atoms with van der Waals surface area (Å²) in [5.74, 6) is 0.992. The Morgan fingerprint density at radius 3 is 2.63 bits per heavy atom. The molecule has 0 saturated carbocycles. The lowest BCUT2D eigenvalue weighted by molar-refractivity contribution is -0.129. The van der Waals surface area contributed by atoms with Gasteiger partial charge in [-0.1, -0.05) is 36.5 Å². The lowest BCUT2D eigenvalue weighted by atomic mass is 10.1. The lowest BCUT2D eigenvalue weighted by Crippen LogP contribution is -2.05. The fourth-order valence-corrected chi connectivity index (χ4v) is 3.79. The molecular weight excluding hydrogens is 540 g/mol. The van der Waals surface area contributed by atoms with E-state index in [2.05, 4.69) is 34.5 Å². The number of benzene rings is 2. The normalized spacial score (nSPS) is 14.6. The van der Waals surface area contributed by atoms with E-state index < -0.39 is 5.97 Å². The third kappa shape index (κ3) is 5.47. The van der Waals surface area contributed by atoms with Gasteiger partial charge in [0.15, 0.2) is 17.2 Å². The number of cyclic esters (lactones) is 1. The lowest BCUT2D eigenvalue weighted by Gasteiger charge is -2.14. The second-order valence-corrected chi connectivity index (χ2v) is 8.41. The number of hydrogen-bond acceptors (Lipinski definition) is 5. The van der Waals surface area contributed by atoms with Crippen LogP contribution in [0, 0.1) is 3.57 Å². The van der Waals surface area contributed by atoms with E-state index in [0.29, 0.717) is 40.3 Å². The van der Waals surface area contributed by atoms with E-state index in [1.54, 1.807) is 24.3 Å². The summed E-state index contributed by atoms with van der Waals surface area (Å²) >= 11 is 14.2. The summed E-state index contributed by atoms with van der Waals surface area (Å²) in [5.41, 5.74) is 1.52. The van der Waals surface area contributed by atoms with Gasteiger partial charge in [0, 0.05) is 5.56 Å². The highest BCUT2D eigenvalue weighted by Crippen LogP contribution is 2.35. The number of hydrogen-bond donors (Lipinski definition) is 0. The van der Waals surface area contributed by atoms with Crippen LogP contribution in [-0.4, -0.2) is 25.1 Å². The summed E-state index contributed by atoms with van der Waals surface area (Å²) < 4.78 is 17.9. The van der Waals surface area contributed by atoms with Gasteiger partial charge in [-0.2, -0.15) is 0 Å². The molecule has 5 nitrogen and oxygen atoms in total. The third-order valence-electron chi connectivity index (χ3n) is 4.17. The summed E-state index contributed by atoms with van der Waals surface area (Å²) in [6.45, 7) is 5.15. The van der Waals surface area contributed by atoms with Crippen molar-refractivity contribution >= 4 is 63.7 Å². The first-order valence-electron chi connectivity index (χ1n) is 9.50. The molecule has 8 heteroatoms. The molecule has 0 unspecified atom stereocenters. The molecule has 0 aromatic heterocycles. The Bertz CT molecular complexity index is 1020. The summed E-state index contributed by atoms with van der Waals surface area (Å²) in [5, 5.41) is 0.778. The fraction of sp³-hybridized carbons (Fsp3) is 0.273. The Morgan fingerprint density at radius 1 is 1.13 bits per heavy atom. The van der Waals surface area contributed by atoms with Crippen molar-refractivity contribution in [1.82, 2.24) is 0 Å². The van der Waals surface area contributed by atoms with Gasteiger partial charge >= 0.3 is 5.97 Å². The zero-order valence-corrected chi connectivity index (χ0v) is 20.2. The van der Waals surface area contributed by atoms with Crippen LogP contribution in [0.2, 0.25) is 10.0 Å². The van der Waals surface area contributed by atoms with Crippen LogP contribution in [-0.2, 0) is 9.53 Å². The van der Waals surface area contributed by atoms with E-state index in [1.807, 2.05) is 19.1 Å². The van der Waals surface area contributed by atoms with Crippen molar-refractivity contribution in [2.45, 2.75) is 26.7 Å². The Kier molecular flexibility index (Phi) is 8.02. The number of halogens is 3. The minimum Gasteiger partial charge on any atom is -0.490 e. The van der Waals surface area contributed by atoms with E-state index in [4.69, 9.17) is 37.4 Å². The van der Waals surface area contributed by atoms with Crippen LogP contribution >= 0.6 is 45.8 Å². The van der Waals surface area contributed by atoms with Crippen molar-refractivity contribution in [1.29, 1.82) is 0 Å². The molecule has 1 heterocycles. The molecule has 2 aromatic carbocycles. The minimum atomic E-state index is -0.535. The van der Waals surface area contributed by atoms with Crippen molar-refractivity contribution in [3.05, 3.63) is 60.8 Å². The number of carbonyl (C=O) groups excluding carboxylic acids is 1.